The van der Waals surface area contributed by atoms with E-state index in [1.54, 1.807) is 32.9 Å². The lowest BCUT2D eigenvalue weighted by Crippen LogP contribution is -2.28. The quantitative estimate of drug-likeness (QED) is 0.636. The Morgan fingerprint density at radius 2 is 2.00 bits per heavy atom. The summed E-state index contributed by atoms with van der Waals surface area (Å²) in [5, 5.41) is 2.86. The fraction of sp³-hybridized carbons (Fsp3) is 0.579. The second-order valence-corrected chi connectivity index (χ2v) is 7.72. The van der Waals surface area contributed by atoms with Crippen molar-refractivity contribution < 1.29 is 23.8 Å². The molecule has 0 aromatic heterocycles. The van der Waals surface area contributed by atoms with E-state index in [1.807, 2.05) is 26.0 Å². The number of alkyl carbamates (subject to hydrolysis) is 1. The van der Waals surface area contributed by atoms with Crippen LogP contribution in [-0.2, 0) is 9.47 Å². The molecule has 1 aromatic rings. The Morgan fingerprint density at radius 1 is 1.28 bits per heavy atom. The molecule has 1 aliphatic rings. The van der Waals surface area contributed by atoms with Crippen molar-refractivity contribution in [1.29, 1.82) is 0 Å². The molecule has 1 fully saturated rings. The van der Waals surface area contributed by atoms with Crippen LogP contribution in [-0.4, -0.2) is 30.5 Å². The summed E-state index contributed by atoms with van der Waals surface area (Å²) in [7, 11) is 0. The van der Waals surface area contributed by atoms with Gasteiger partial charge in [-0.05, 0) is 50.8 Å². The molecular weight excluding hydrogens is 322 g/mol. The number of ether oxygens (including phenoxy) is 3. The van der Waals surface area contributed by atoms with Crippen LogP contribution in [0.2, 0.25) is 0 Å². The minimum absolute atomic E-state index is 0.0523. The van der Waals surface area contributed by atoms with Gasteiger partial charge >= 0.3 is 12.2 Å². The zero-order valence-corrected chi connectivity index (χ0v) is 15.5. The van der Waals surface area contributed by atoms with Gasteiger partial charge in [0.05, 0.1) is 6.61 Å². The van der Waals surface area contributed by atoms with Crippen molar-refractivity contribution in [1.82, 2.24) is 5.32 Å². The minimum Gasteiger partial charge on any atom is -0.449 e. The van der Waals surface area contributed by atoms with Gasteiger partial charge in [-0.25, -0.2) is 9.59 Å². The van der Waals surface area contributed by atoms with E-state index in [-0.39, 0.29) is 18.1 Å². The van der Waals surface area contributed by atoms with Gasteiger partial charge in [0.2, 0.25) is 0 Å². The van der Waals surface area contributed by atoms with Gasteiger partial charge in [-0.1, -0.05) is 26.0 Å². The summed E-state index contributed by atoms with van der Waals surface area (Å²) in [6.07, 6.45) is -0.276. The van der Waals surface area contributed by atoms with Gasteiger partial charge in [-0.15, -0.1) is 0 Å². The standard InChI is InChI=1S/C19H27NO5/c1-12(2)11-23-17(21)20-16-10-15(16)13-7-6-8-14(9-13)24-18(22)25-19(3,4)5/h6-9,12,15-16H,10-11H2,1-5H3,(H,20,21). The topological polar surface area (TPSA) is 73.9 Å². The first kappa shape index (κ1) is 19.1. The first-order chi connectivity index (χ1) is 11.6. The molecule has 0 heterocycles. The van der Waals surface area contributed by atoms with Crippen LogP contribution >= 0.6 is 0 Å². The molecule has 2 atom stereocenters. The Morgan fingerprint density at radius 3 is 2.64 bits per heavy atom. The molecular formula is C19H27NO5. The third-order valence-corrected chi connectivity index (χ3v) is 3.52. The van der Waals surface area contributed by atoms with E-state index in [4.69, 9.17) is 14.2 Å². The Labute approximate surface area is 148 Å². The number of nitrogens with one attached hydrogen (secondary N) is 1. The highest BCUT2D eigenvalue weighted by Gasteiger charge is 2.40. The molecule has 2 rings (SSSR count). The molecule has 1 amide bonds. The van der Waals surface area contributed by atoms with Crippen LogP contribution in [0.1, 0.15) is 52.5 Å². The molecule has 25 heavy (non-hydrogen) atoms. The Kier molecular flexibility index (Phi) is 5.93. The summed E-state index contributed by atoms with van der Waals surface area (Å²) >= 11 is 0. The summed E-state index contributed by atoms with van der Waals surface area (Å²) < 4.78 is 15.5. The van der Waals surface area contributed by atoms with Crippen LogP contribution in [0.3, 0.4) is 0 Å². The molecule has 6 heteroatoms. The van der Waals surface area contributed by atoms with Gasteiger partial charge in [0.25, 0.3) is 0 Å². The molecule has 6 nitrogen and oxygen atoms in total. The highest BCUT2D eigenvalue weighted by molar-refractivity contribution is 5.68. The number of hydrogen-bond acceptors (Lipinski definition) is 5. The summed E-state index contributed by atoms with van der Waals surface area (Å²) in [4.78, 5) is 23.4. The van der Waals surface area contributed by atoms with E-state index < -0.39 is 11.8 Å². The average Bonchev–Trinajstić information content (AvgIpc) is 3.22. The van der Waals surface area contributed by atoms with Gasteiger partial charge in [-0.2, -0.15) is 0 Å². The predicted octanol–water partition coefficient (Wildman–Crippen LogP) is 4.24. The summed E-state index contributed by atoms with van der Waals surface area (Å²) in [6, 6.07) is 7.33. The molecule has 1 aliphatic carbocycles. The number of hydrogen-bond donors (Lipinski definition) is 1. The zero-order chi connectivity index (χ0) is 18.6. The van der Waals surface area contributed by atoms with Crippen LogP contribution in [0.4, 0.5) is 9.59 Å². The van der Waals surface area contributed by atoms with Crippen molar-refractivity contribution in [3.8, 4) is 5.75 Å². The Balaban J connectivity index is 1.86. The van der Waals surface area contributed by atoms with E-state index in [0.717, 1.165) is 12.0 Å². The minimum atomic E-state index is -0.729. The van der Waals surface area contributed by atoms with Crippen molar-refractivity contribution in [3.63, 3.8) is 0 Å². The van der Waals surface area contributed by atoms with Crippen molar-refractivity contribution >= 4 is 12.2 Å². The summed E-state index contributed by atoms with van der Waals surface area (Å²) in [6.45, 7) is 9.73. The van der Waals surface area contributed by atoms with Gasteiger partial charge in [0.15, 0.2) is 0 Å². The van der Waals surface area contributed by atoms with E-state index in [2.05, 4.69) is 5.32 Å². The van der Waals surface area contributed by atoms with Crippen LogP contribution in [0, 0.1) is 5.92 Å². The first-order valence-corrected chi connectivity index (χ1v) is 8.58. The van der Waals surface area contributed by atoms with E-state index in [9.17, 15) is 9.59 Å². The summed E-state index contributed by atoms with van der Waals surface area (Å²) in [5.41, 5.74) is 0.409. The fourth-order valence-corrected chi connectivity index (χ4v) is 2.33. The molecule has 0 aliphatic heterocycles. The monoisotopic (exact) mass is 349 g/mol. The molecule has 2 unspecified atom stereocenters. The van der Waals surface area contributed by atoms with Crippen LogP contribution in [0.15, 0.2) is 24.3 Å². The average molecular weight is 349 g/mol. The fourth-order valence-electron chi connectivity index (χ4n) is 2.33. The first-order valence-electron chi connectivity index (χ1n) is 8.58. The molecule has 0 spiro atoms. The maximum atomic E-state index is 11.7. The number of benzene rings is 1. The van der Waals surface area contributed by atoms with Gasteiger partial charge in [-0.3, -0.25) is 0 Å². The highest BCUT2D eigenvalue weighted by Crippen LogP contribution is 2.41. The van der Waals surface area contributed by atoms with Gasteiger partial charge < -0.3 is 19.5 Å². The smallest absolute Gasteiger partial charge is 0.449 e. The van der Waals surface area contributed by atoms with Gasteiger partial charge in [0, 0.05) is 12.0 Å². The number of amides is 1. The Hall–Kier alpha value is -2.24. The molecule has 1 N–H and O–H groups in total. The second kappa shape index (κ2) is 7.76. The largest absolute Gasteiger partial charge is 0.514 e. The molecule has 0 saturated heterocycles. The molecule has 1 saturated carbocycles. The van der Waals surface area contributed by atoms with E-state index in [1.165, 1.54) is 0 Å². The lowest BCUT2D eigenvalue weighted by Gasteiger charge is -2.18. The van der Waals surface area contributed by atoms with Crippen LogP contribution in [0.5, 0.6) is 5.75 Å². The third kappa shape index (κ3) is 6.64. The zero-order valence-electron chi connectivity index (χ0n) is 15.5. The highest BCUT2D eigenvalue weighted by atomic mass is 16.7. The number of rotatable bonds is 5. The van der Waals surface area contributed by atoms with Crippen LogP contribution in [0.25, 0.3) is 0 Å². The van der Waals surface area contributed by atoms with Crippen molar-refractivity contribution in [2.24, 2.45) is 5.92 Å². The Bertz CT molecular complexity index is 620. The molecule has 0 bridgehead atoms. The number of carbonyl (C=O) groups excluding carboxylic acids is 2. The lowest BCUT2D eigenvalue weighted by atomic mass is 10.1. The van der Waals surface area contributed by atoms with Crippen LogP contribution < -0.4 is 10.1 Å². The van der Waals surface area contributed by atoms with E-state index in [0.29, 0.717) is 18.3 Å². The van der Waals surface area contributed by atoms with Crippen molar-refractivity contribution in [2.45, 2.75) is 58.6 Å². The lowest BCUT2D eigenvalue weighted by molar-refractivity contribution is 0.0206. The molecule has 0 radical (unpaired) electrons. The predicted molar refractivity (Wildman–Crippen MR) is 93.8 cm³/mol. The number of carbonyl (C=O) groups is 2. The third-order valence-electron chi connectivity index (χ3n) is 3.52. The summed E-state index contributed by atoms with van der Waals surface area (Å²) in [5.74, 6) is 0.941. The van der Waals surface area contributed by atoms with Gasteiger partial charge in [0.1, 0.15) is 11.4 Å². The van der Waals surface area contributed by atoms with Crippen molar-refractivity contribution in [3.05, 3.63) is 29.8 Å². The SMILES string of the molecule is CC(C)COC(=O)NC1CC1c1cccc(OC(=O)OC(C)(C)C)c1. The van der Waals surface area contributed by atoms with E-state index >= 15 is 0 Å². The molecule has 138 valence electrons. The molecule has 1 aromatic carbocycles. The second-order valence-electron chi connectivity index (χ2n) is 7.72. The maximum absolute atomic E-state index is 11.7. The maximum Gasteiger partial charge on any atom is 0.514 e. The normalized spacial score (nSPS) is 19.3. The van der Waals surface area contributed by atoms with Crippen molar-refractivity contribution in [2.75, 3.05) is 6.61 Å².